The zero-order valence-electron chi connectivity index (χ0n) is 16.2. The summed E-state index contributed by atoms with van der Waals surface area (Å²) >= 11 is 0. The molecule has 29 heavy (non-hydrogen) atoms. The zero-order valence-corrected chi connectivity index (χ0v) is 16.2. The van der Waals surface area contributed by atoms with Gasteiger partial charge in [-0.25, -0.2) is 4.79 Å². The summed E-state index contributed by atoms with van der Waals surface area (Å²) in [6.45, 7) is 2.86. The van der Waals surface area contributed by atoms with Crippen molar-refractivity contribution >= 4 is 5.91 Å². The van der Waals surface area contributed by atoms with Gasteiger partial charge >= 0.3 is 5.69 Å². The van der Waals surface area contributed by atoms with Gasteiger partial charge in [-0.2, -0.15) is 0 Å². The number of ether oxygens (including phenoxy) is 1. The van der Waals surface area contributed by atoms with Crippen LogP contribution < -0.4 is 28.0 Å². The molecule has 12 heteroatoms. The molecule has 1 unspecified atom stereocenters. The van der Waals surface area contributed by atoms with Crippen LogP contribution in [0, 0.1) is 0 Å². The lowest BCUT2D eigenvalue weighted by molar-refractivity contribution is -0.120. The molecule has 0 aliphatic carbocycles. The lowest BCUT2D eigenvalue weighted by Gasteiger charge is -2.20. The summed E-state index contributed by atoms with van der Waals surface area (Å²) in [5.74, 6) is -0.373. The summed E-state index contributed by atoms with van der Waals surface area (Å²) in [6, 6.07) is 0. The van der Waals surface area contributed by atoms with Crippen molar-refractivity contribution in [2.24, 2.45) is 11.5 Å². The van der Waals surface area contributed by atoms with E-state index in [-0.39, 0.29) is 24.3 Å². The molecule has 1 fully saturated rings. The Kier molecular flexibility index (Phi) is 8.95. The first-order valence-corrected chi connectivity index (χ1v) is 9.57. The van der Waals surface area contributed by atoms with E-state index in [1.165, 1.54) is 6.20 Å². The van der Waals surface area contributed by atoms with Gasteiger partial charge in [-0.3, -0.25) is 24.0 Å². The van der Waals surface area contributed by atoms with Gasteiger partial charge in [-0.05, 0) is 0 Å². The third-order valence-electron chi connectivity index (χ3n) is 4.73. The average molecular weight is 414 g/mol. The second kappa shape index (κ2) is 11.2. The Morgan fingerprint density at radius 3 is 2.59 bits per heavy atom. The number of rotatable bonds is 11. The van der Waals surface area contributed by atoms with Gasteiger partial charge in [0.05, 0.1) is 19.1 Å². The maximum absolute atomic E-state index is 12.2. The summed E-state index contributed by atoms with van der Waals surface area (Å²) in [7, 11) is 0. The van der Waals surface area contributed by atoms with Crippen LogP contribution in [-0.4, -0.2) is 88.7 Å². The number of hydrogen-bond donors (Lipinski definition) is 6. The van der Waals surface area contributed by atoms with E-state index in [4.69, 9.17) is 16.2 Å². The number of aromatic amines is 1. The van der Waals surface area contributed by atoms with Gasteiger partial charge < -0.3 is 31.7 Å². The molecule has 0 radical (unpaired) electrons. The van der Waals surface area contributed by atoms with E-state index in [9.17, 15) is 24.6 Å². The lowest BCUT2D eigenvalue weighted by Crippen LogP contribution is -2.41. The molecule has 0 spiro atoms. The van der Waals surface area contributed by atoms with Gasteiger partial charge in [-0.15, -0.1) is 0 Å². The predicted molar refractivity (Wildman–Crippen MR) is 104 cm³/mol. The minimum atomic E-state index is -0.930. The number of aromatic nitrogens is 2. The highest BCUT2D eigenvalue weighted by atomic mass is 16.5. The van der Waals surface area contributed by atoms with Crippen molar-refractivity contribution in [2.75, 3.05) is 45.9 Å². The second-order valence-corrected chi connectivity index (χ2v) is 6.88. The molecule has 8 N–H and O–H groups in total. The van der Waals surface area contributed by atoms with Crippen molar-refractivity contribution in [3.63, 3.8) is 0 Å². The van der Waals surface area contributed by atoms with Crippen molar-refractivity contribution in [1.82, 2.24) is 19.8 Å². The van der Waals surface area contributed by atoms with Crippen LogP contribution >= 0.6 is 0 Å². The van der Waals surface area contributed by atoms with Gasteiger partial charge in [0.2, 0.25) is 5.91 Å². The first-order valence-electron chi connectivity index (χ1n) is 9.57. The number of aliphatic hydroxyl groups is 2. The zero-order chi connectivity index (χ0) is 21.4. The van der Waals surface area contributed by atoms with Crippen LogP contribution in [0.25, 0.3) is 0 Å². The minimum Gasteiger partial charge on any atom is -0.394 e. The molecule has 1 saturated heterocycles. The van der Waals surface area contributed by atoms with E-state index in [2.05, 4.69) is 10.3 Å². The number of aliphatic hydroxyl groups excluding tert-OH is 2. The Morgan fingerprint density at radius 2 is 2.00 bits per heavy atom. The fourth-order valence-corrected chi connectivity index (χ4v) is 3.21. The largest absolute Gasteiger partial charge is 0.394 e. The molecule has 12 nitrogen and oxygen atoms in total. The Labute approximate surface area is 167 Å². The third kappa shape index (κ3) is 6.45. The maximum atomic E-state index is 12.2. The number of H-pyrrole nitrogens is 1. The molecule has 1 aromatic rings. The number of carbonyl (C=O) groups is 1. The van der Waals surface area contributed by atoms with Crippen LogP contribution in [0.15, 0.2) is 15.8 Å². The second-order valence-electron chi connectivity index (χ2n) is 6.88. The predicted octanol–water partition coefficient (Wildman–Crippen LogP) is -3.94. The first kappa shape index (κ1) is 23.2. The number of hydrogen-bond acceptors (Lipinski definition) is 9. The number of carbonyl (C=O) groups excluding carboxylic acids is 1. The summed E-state index contributed by atoms with van der Waals surface area (Å²) in [5.41, 5.74) is 9.79. The molecule has 0 bridgehead atoms. The van der Waals surface area contributed by atoms with Crippen molar-refractivity contribution in [3.05, 3.63) is 32.6 Å². The summed E-state index contributed by atoms with van der Waals surface area (Å²) in [4.78, 5) is 40.5. The molecule has 0 aromatic carbocycles. The molecule has 1 amide bonds. The molecule has 1 aliphatic rings. The third-order valence-corrected chi connectivity index (χ3v) is 4.73. The van der Waals surface area contributed by atoms with Crippen LogP contribution in [-0.2, 0) is 16.0 Å². The number of nitrogens with one attached hydrogen (secondary N) is 2. The van der Waals surface area contributed by atoms with Gasteiger partial charge in [0.15, 0.2) is 0 Å². The smallest absolute Gasteiger partial charge is 0.330 e. The molecular formula is C17H30N6O6. The average Bonchev–Trinajstić information content (AvgIpc) is 3.04. The monoisotopic (exact) mass is 414 g/mol. The molecule has 2 rings (SSSR count). The van der Waals surface area contributed by atoms with Crippen LogP contribution in [0.4, 0.5) is 0 Å². The van der Waals surface area contributed by atoms with E-state index < -0.39 is 36.3 Å². The highest BCUT2D eigenvalue weighted by Crippen LogP contribution is 2.27. The topological polar surface area (TPSA) is 189 Å². The fourth-order valence-electron chi connectivity index (χ4n) is 3.21. The maximum Gasteiger partial charge on any atom is 0.330 e. The molecule has 164 valence electrons. The molecule has 0 saturated carbocycles. The van der Waals surface area contributed by atoms with Crippen molar-refractivity contribution in [2.45, 2.75) is 31.3 Å². The number of nitrogens with two attached hydrogens (primary N) is 2. The van der Waals surface area contributed by atoms with E-state index >= 15 is 0 Å². The fraction of sp³-hybridized carbons (Fsp3) is 0.706. The molecule has 1 aliphatic heterocycles. The van der Waals surface area contributed by atoms with Crippen molar-refractivity contribution in [1.29, 1.82) is 0 Å². The van der Waals surface area contributed by atoms with Crippen LogP contribution in [0.5, 0.6) is 0 Å². The molecule has 2 heterocycles. The quantitative estimate of drug-likeness (QED) is 0.210. The Hall–Kier alpha value is -2.09. The first-order chi connectivity index (χ1) is 13.9. The Bertz CT molecular complexity index is 774. The molecular weight excluding hydrogens is 384 g/mol. The van der Waals surface area contributed by atoms with Gasteiger partial charge in [0.1, 0.15) is 12.3 Å². The van der Waals surface area contributed by atoms with E-state index in [1.54, 1.807) is 0 Å². The highest BCUT2D eigenvalue weighted by Gasteiger charge is 2.35. The summed E-state index contributed by atoms with van der Waals surface area (Å²) in [6.07, 6.45) is -1.46. The van der Waals surface area contributed by atoms with E-state index in [1.807, 2.05) is 4.90 Å². The summed E-state index contributed by atoms with van der Waals surface area (Å²) < 4.78 is 6.56. The number of nitrogens with zero attached hydrogens (tertiary/aromatic N) is 2. The minimum absolute atomic E-state index is 0.0843. The number of amides is 1. The molecule has 3 atom stereocenters. The van der Waals surface area contributed by atoms with Gasteiger partial charge in [0, 0.05) is 57.4 Å². The lowest BCUT2D eigenvalue weighted by atomic mass is 10.2. The standard InChI is InChI=1S/C17H30N6O6/c18-1-4-22(5-2-19)6-3-20-14(26)7-11-9-23(17(28)21-16(11)27)15-8-12(25)13(10-24)29-15/h9,12-13,15,24-25H,1-8,10,18-19H2,(H,20,26)(H,21,27,28)/t12?,13-,15-/m0/s1. The SMILES string of the molecule is NCCN(CCN)CCNC(=O)Cc1cn([C@@H]2CC(O)[C@H](CO)O2)c(=O)[nH]c1=O. The highest BCUT2D eigenvalue weighted by molar-refractivity contribution is 5.78. The van der Waals surface area contributed by atoms with E-state index in [0.717, 1.165) is 4.57 Å². The Balaban J connectivity index is 1.99. The van der Waals surface area contributed by atoms with Crippen LogP contribution in [0.1, 0.15) is 18.2 Å². The Morgan fingerprint density at radius 1 is 1.31 bits per heavy atom. The van der Waals surface area contributed by atoms with Gasteiger partial charge in [-0.1, -0.05) is 0 Å². The van der Waals surface area contributed by atoms with Crippen LogP contribution in [0.2, 0.25) is 0 Å². The van der Waals surface area contributed by atoms with Crippen molar-refractivity contribution in [3.8, 4) is 0 Å². The van der Waals surface area contributed by atoms with Gasteiger partial charge in [0.25, 0.3) is 5.56 Å². The van der Waals surface area contributed by atoms with Crippen molar-refractivity contribution < 1.29 is 19.7 Å². The normalized spacial score (nSPS) is 21.6. The molecule has 1 aromatic heterocycles. The van der Waals surface area contributed by atoms with E-state index in [0.29, 0.717) is 39.3 Å². The van der Waals surface area contributed by atoms with Crippen LogP contribution in [0.3, 0.4) is 0 Å². The summed E-state index contributed by atoms with van der Waals surface area (Å²) in [5, 5.41) is 21.7.